The number of para-hydroxylation sites is 2. The van der Waals surface area contributed by atoms with Gasteiger partial charge in [-0.1, -0.05) is 0 Å². The van der Waals surface area contributed by atoms with Crippen molar-refractivity contribution in [3.63, 3.8) is 0 Å². The third-order valence-corrected chi connectivity index (χ3v) is 9.93. The van der Waals surface area contributed by atoms with Crippen molar-refractivity contribution >= 4 is 34.1 Å². The SMILES string of the molecule is [2H]C([2H])([2H])n1[c](=[Pt])n(-c2cccc(B(c3cccc(-c4ccccn4)c3)c3c(-c4ccccc4)cccc3-c3ccccc3)c2)c2ccccc21. The molecular weight excluding hydrogens is 764 g/mol. The number of fused-ring (bicyclic) bond motifs is 1. The van der Waals surface area contributed by atoms with E-state index in [4.69, 9.17) is 4.11 Å². The Labute approximate surface area is 296 Å². The van der Waals surface area contributed by atoms with Crippen molar-refractivity contribution in [3.05, 3.63) is 180 Å². The molecule has 2 aromatic heterocycles. The monoisotopic (exact) mass is 799 g/mol. The molecule has 0 aliphatic carbocycles. The van der Waals surface area contributed by atoms with Gasteiger partial charge in [-0.3, -0.25) is 0 Å². The van der Waals surface area contributed by atoms with Crippen molar-refractivity contribution in [2.24, 2.45) is 6.98 Å². The van der Waals surface area contributed by atoms with Crippen LogP contribution < -0.4 is 16.4 Å². The van der Waals surface area contributed by atoms with Crippen molar-refractivity contribution in [1.29, 1.82) is 0 Å². The summed E-state index contributed by atoms with van der Waals surface area (Å²) in [7, 11) is 0. The van der Waals surface area contributed by atoms with Crippen LogP contribution in [0.3, 0.4) is 0 Å². The predicted octanol–water partition coefficient (Wildman–Crippen LogP) is 7.96. The zero-order chi connectivity index (χ0) is 35.0. The second-order valence-electron chi connectivity index (χ2n) is 11.8. The molecule has 0 amide bonds. The quantitative estimate of drug-likeness (QED) is 0.150. The molecule has 0 aliphatic heterocycles. The molecule has 0 unspecified atom stereocenters. The van der Waals surface area contributed by atoms with Crippen LogP contribution in [0.15, 0.2) is 176 Å². The molecule has 0 atom stereocenters. The van der Waals surface area contributed by atoms with Gasteiger partial charge >= 0.3 is 292 Å². The maximum atomic E-state index is 8.38. The van der Waals surface area contributed by atoms with Gasteiger partial charge in [0.15, 0.2) is 0 Å². The van der Waals surface area contributed by atoms with Gasteiger partial charge in [-0.2, -0.15) is 0 Å². The van der Waals surface area contributed by atoms with E-state index in [0.717, 1.165) is 55.6 Å². The number of imidazole rings is 1. The summed E-state index contributed by atoms with van der Waals surface area (Å²) in [6.45, 7) is -2.54. The number of hydrogen-bond acceptors (Lipinski definition) is 1. The minimum absolute atomic E-state index is 0.199. The number of hydrogen-bond donors (Lipinski definition) is 0. The van der Waals surface area contributed by atoms with Crippen LogP contribution in [-0.2, 0) is 26.3 Å². The summed E-state index contributed by atoms with van der Waals surface area (Å²) in [6.07, 6.45) is 1.83. The van der Waals surface area contributed by atoms with Crippen LogP contribution in [0, 0.1) is 3.80 Å². The van der Waals surface area contributed by atoms with Gasteiger partial charge in [0, 0.05) is 0 Å². The number of benzene rings is 6. The Morgan fingerprint density at radius 3 is 1.81 bits per heavy atom. The van der Waals surface area contributed by atoms with Crippen molar-refractivity contribution in [2.75, 3.05) is 0 Å². The van der Waals surface area contributed by atoms with Crippen LogP contribution in [-0.4, -0.2) is 20.8 Å². The van der Waals surface area contributed by atoms with E-state index in [2.05, 4.69) is 156 Å². The van der Waals surface area contributed by atoms with E-state index >= 15 is 0 Å². The Kier molecular flexibility index (Phi) is 7.28. The standard InChI is InChI=1S/C43H32BN3.Pt/c1-46-31-47(42-27-9-8-26-41(42)46)37-22-13-21-36(30-37)44(35-20-12-19-34(29-35)40-25-10-11-28-45-40)43-38(32-15-4-2-5-16-32)23-14-24-39(43)33-17-6-3-7-18-33;/h2-30H,1H3;/i1D3;. The average Bonchev–Trinajstić information content (AvgIpc) is 3.48. The van der Waals surface area contributed by atoms with Gasteiger partial charge in [0.25, 0.3) is 0 Å². The first-order valence-electron chi connectivity index (χ1n) is 17.4. The van der Waals surface area contributed by atoms with Gasteiger partial charge in [-0.05, 0) is 6.07 Å². The van der Waals surface area contributed by atoms with Gasteiger partial charge < -0.3 is 0 Å². The number of nitrogens with zero attached hydrogens (tertiary/aromatic N) is 3. The topological polar surface area (TPSA) is 22.8 Å². The van der Waals surface area contributed by atoms with Crippen LogP contribution in [0.4, 0.5) is 0 Å². The Morgan fingerprint density at radius 1 is 0.562 bits per heavy atom. The molecule has 48 heavy (non-hydrogen) atoms. The minimum atomic E-state index is -2.34. The average molecular weight is 800 g/mol. The number of aromatic nitrogens is 3. The fraction of sp³-hybridized carbons (Fsp3) is 0.0233. The third kappa shape index (κ3) is 5.53. The number of rotatable bonds is 7. The molecule has 5 heteroatoms. The van der Waals surface area contributed by atoms with Crippen LogP contribution >= 0.6 is 0 Å². The van der Waals surface area contributed by atoms with Crippen molar-refractivity contribution in [1.82, 2.24) is 14.1 Å². The molecular formula is C43H32BN3Pt. The molecule has 8 aromatic rings. The van der Waals surface area contributed by atoms with Crippen LogP contribution in [0.5, 0.6) is 0 Å². The molecule has 232 valence electrons. The molecule has 0 radical (unpaired) electrons. The molecule has 0 aliphatic rings. The molecule has 0 fully saturated rings. The summed E-state index contributed by atoms with van der Waals surface area (Å²) in [4.78, 5) is 4.69. The van der Waals surface area contributed by atoms with E-state index in [1.54, 1.807) is 0 Å². The second kappa shape index (κ2) is 13.1. The summed E-state index contributed by atoms with van der Waals surface area (Å²) in [5, 5.41) is 0. The number of pyridine rings is 1. The molecule has 0 spiro atoms. The van der Waals surface area contributed by atoms with Gasteiger partial charge in [-0.25, -0.2) is 0 Å². The normalized spacial score (nSPS) is 12.3. The fourth-order valence-electron chi connectivity index (χ4n) is 6.76. The second-order valence-corrected chi connectivity index (χ2v) is 12.8. The molecule has 8 rings (SSSR count). The third-order valence-electron chi connectivity index (χ3n) is 8.91. The molecule has 0 saturated carbocycles. The van der Waals surface area contributed by atoms with E-state index in [1.807, 2.05) is 48.7 Å². The summed E-state index contributed by atoms with van der Waals surface area (Å²) in [5.41, 5.74) is 12.3. The molecule has 0 saturated heterocycles. The van der Waals surface area contributed by atoms with Crippen LogP contribution in [0.2, 0.25) is 0 Å². The summed E-state index contributed by atoms with van der Waals surface area (Å²) < 4.78 is 29.3. The van der Waals surface area contributed by atoms with Crippen LogP contribution in [0.25, 0.3) is 50.2 Å². The van der Waals surface area contributed by atoms with Gasteiger partial charge in [0.05, 0.1) is 0 Å². The zero-order valence-electron chi connectivity index (χ0n) is 29.0. The van der Waals surface area contributed by atoms with E-state index in [9.17, 15) is 0 Å². The Bertz CT molecular complexity index is 2490. The zero-order valence-corrected chi connectivity index (χ0v) is 28.3. The Balaban J connectivity index is 1.43. The molecule has 2 heterocycles. The van der Waals surface area contributed by atoms with E-state index in [-0.39, 0.29) is 6.71 Å². The van der Waals surface area contributed by atoms with E-state index in [0.29, 0.717) is 9.32 Å². The maximum absolute atomic E-state index is 8.38. The van der Waals surface area contributed by atoms with Gasteiger partial charge in [0.1, 0.15) is 0 Å². The van der Waals surface area contributed by atoms with Crippen LogP contribution in [0.1, 0.15) is 4.11 Å². The first-order chi connectivity index (χ1) is 24.9. The molecule has 0 bridgehead atoms. The van der Waals surface area contributed by atoms with Crippen molar-refractivity contribution in [2.45, 2.75) is 0 Å². The summed E-state index contributed by atoms with van der Waals surface area (Å²) in [6, 6.07) is 58.7. The molecule has 3 nitrogen and oxygen atoms in total. The summed E-state index contributed by atoms with van der Waals surface area (Å²) in [5.74, 6) is 0. The first kappa shape index (κ1) is 26.7. The van der Waals surface area contributed by atoms with Gasteiger partial charge in [0.2, 0.25) is 0 Å². The van der Waals surface area contributed by atoms with Gasteiger partial charge in [-0.15, -0.1) is 0 Å². The number of aryl methyl sites for hydroxylation is 1. The fourth-order valence-corrected chi connectivity index (χ4v) is 7.60. The molecule has 0 N–H and O–H groups in total. The van der Waals surface area contributed by atoms with Crippen molar-refractivity contribution < 1.29 is 23.5 Å². The predicted molar refractivity (Wildman–Crippen MR) is 197 cm³/mol. The van der Waals surface area contributed by atoms with Crippen molar-refractivity contribution in [3.8, 4) is 39.2 Å². The Morgan fingerprint density at radius 2 is 1.15 bits per heavy atom. The van der Waals surface area contributed by atoms with E-state index < -0.39 is 6.98 Å². The summed E-state index contributed by atoms with van der Waals surface area (Å²) >= 11 is 2.15. The first-order valence-corrected chi connectivity index (χ1v) is 17.1. The van der Waals surface area contributed by atoms with E-state index in [1.165, 1.54) is 10.0 Å². The molecule has 6 aromatic carbocycles. The Hall–Kier alpha value is -5.31.